The number of hydrogen-bond acceptors (Lipinski definition) is 4. The summed E-state index contributed by atoms with van der Waals surface area (Å²) in [6.45, 7) is 1.52. The van der Waals surface area contributed by atoms with Crippen molar-refractivity contribution in [3.63, 3.8) is 0 Å². The zero-order valence-electron chi connectivity index (χ0n) is 8.24. The maximum Gasteiger partial charge on any atom is 0.146 e. The number of halogens is 1. The molecule has 0 bridgehead atoms. The Kier molecular flexibility index (Phi) is 3.53. The summed E-state index contributed by atoms with van der Waals surface area (Å²) < 4.78 is 5.23. The zero-order chi connectivity index (χ0) is 10.5. The lowest BCUT2D eigenvalue weighted by atomic mass is 10.2. The Hall–Kier alpha value is -1.13. The molecule has 5 heteroatoms. The van der Waals surface area contributed by atoms with Crippen LogP contribution in [0.25, 0.3) is 0 Å². The quantitative estimate of drug-likeness (QED) is 0.786. The molecule has 0 saturated carbocycles. The number of hydrogen-bond donors (Lipinski definition) is 1. The lowest BCUT2D eigenvalue weighted by Gasteiger charge is -2.13. The molecule has 0 atom stereocenters. The van der Waals surface area contributed by atoms with E-state index >= 15 is 0 Å². The molecule has 2 rings (SSSR count). The second-order valence-electron chi connectivity index (χ2n) is 3.26. The number of rotatable bonds is 2. The van der Waals surface area contributed by atoms with Crippen molar-refractivity contribution in [1.29, 1.82) is 0 Å². The first-order chi connectivity index (χ1) is 7.34. The molecule has 1 aromatic heterocycles. The van der Waals surface area contributed by atoms with Crippen molar-refractivity contribution in [1.82, 2.24) is 4.98 Å². The molecule has 4 nitrogen and oxygen atoms in total. The van der Waals surface area contributed by atoms with E-state index in [0.29, 0.717) is 10.8 Å². The summed E-state index contributed by atoms with van der Waals surface area (Å²) in [5.41, 5.74) is 4.03. The van der Waals surface area contributed by atoms with Crippen LogP contribution in [0.15, 0.2) is 23.4 Å². The molecule has 1 aromatic rings. The van der Waals surface area contributed by atoms with Gasteiger partial charge in [0, 0.05) is 24.8 Å². The fourth-order valence-corrected chi connectivity index (χ4v) is 1.41. The monoisotopic (exact) mass is 225 g/mol. The third kappa shape index (κ3) is 3.18. The van der Waals surface area contributed by atoms with Gasteiger partial charge in [0.2, 0.25) is 0 Å². The SMILES string of the molecule is Clc1ccc(NN=C2CCOCC2)nc1. The maximum absolute atomic E-state index is 5.72. The highest BCUT2D eigenvalue weighted by molar-refractivity contribution is 6.30. The Morgan fingerprint density at radius 2 is 2.13 bits per heavy atom. The molecule has 1 N–H and O–H groups in total. The third-order valence-electron chi connectivity index (χ3n) is 2.13. The minimum atomic E-state index is 0.624. The van der Waals surface area contributed by atoms with Gasteiger partial charge in [0.25, 0.3) is 0 Å². The van der Waals surface area contributed by atoms with E-state index in [9.17, 15) is 0 Å². The highest BCUT2D eigenvalue weighted by atomic mass is 35.5. The molecule has 0 unspecified atom stereocenters. The molecule has 1 fully saturated rings. The molecule has 0 aromatic carbocycles. The van der Waals surface area contributed by atoms with Crippen molar-refractivity contribution in [2.75, 3.05) is 18.6 Å². The normalized spacial score (nSPS) is 16.2. The average molecular weight is 226 g/mol. The van der Waals surface area contributed by atoms with Crippen molar-refractivity contribution >= 4 is 23.1 Å². The van der Waals surface area contributed by atoms with Gasteiger partial charge in [-0.1, -0.05) is 11.6 Å². The topological polar surface area (TPSA) is 46.5 Å². The second-order valence-corrected chi connectivity index (χ2v) is 3.70. The van der Waals surface area contributed by atoms with Gasteiger partial charge in [-0.05, 0) is 12.1 Å². The van der Waals surface area contributed by atoms with E-state index in [0.717, 1.165) is 31.8 Å². The van der Waals surface area contributed by atoms with Gasteiger partial charge in [-0.15, -0.1) is 0 Å². The van der Waals surface area contributed by atoms with Gasteiger partial charge >= 0.3 is 0 Å². The van der Waals surface area contributed by atoms with Crippen LogP contribution in [0.2, 0.25) is 5.02 Å². The van der Waals surface area contributed by atoms with E-state index in [-0.39, 0.29) is 0 Å². The van der Waals surface area contributed by atoms with Gasteiger partial charge in [-0.3, -0.25) is 5.43 Å². The van der Waals surface area contributed by atoms with Crippen LogP contribution in [-0.2, 0) is 4.74 Å². The first-order valence-corrected chi connectivity index (χ1v) is 5.23. The summed E-state index contributed by atoms with van der Waals surface area (Å²) in [5, 5.41) is 4.89. The van der Waals surface area contributed by atoms with Gasteiger partial charge in [0.1, 0.15) is 5.82 Å². The lowest BCUT2D eigenvalue weighted by Crippen LogP contribution is -2.16. The van der Waals surface area contributed by atoms with E-state index in [4.69, 9.17) is 16.3 Å². The number of nitrogens with zero attached hydrogens (tertiary/aromatic N) is 2. The predicted octanol–water partition coefficient (Wildman–Crippen LogP) is 2.31. The molecule has 2 heterocycles. The number of hydrazone groups is 1. The van der Waals surface area contributed by atoms with Crippen molar-refractivity contribution in [2.45, 2.75) is 12.8 Å². The Morgan fingerprint density at radius 1 is 1.33 bits per heavy atom. The molecule has 0 amide bonds. The van der Waals surface area contributed by atoms with E-state index in [1.54, 1.807) is 18.3 Å². The number of anilines is 1. The Balaban J connectivity index is 1.94. The molecule has 80 valence electrons. The van der Waals surface area contributed by atoms with Crippen LogP contribution in [0.1, 0.15) is 12.8 Å². The number of ether oxygens (including phenoxy) is 1. The number of pyridine rings is 1. The molecular formula is C10H12ClN3O. The molecule has 15 heavy (non-hydrogen) atoms. The van der Waals surface area contributed by atoms with Gasteiger partial charge in [-0.2, -0.15) is 5.10 Å². The Morgan fingerprint density at radius 3 is 2.80 bits per heavy atom. The van der Waals surface area contributed by atoms with Gasteiger partial charge < -0.3 is 4.74 Å². The minimum absolute atomic E-state index is 0.624. The molecule has 1 aliphatic heterocycles. The fraction of sp³-hybridized carbons (Fsp3) is 0.400. The molecular weight excluding hydrogens is 214 g/mol. The van der Waals surface area contributed by atoms with E-state index in [2.05, 4.69) is 15.5 Å². The first-order valence-electron chi connectivity index (χ1n) is 4.85. The molecule has 0 aliphatic carbocycles. The summed E-state index contributed by atoms with van der Waals surface area (Å²) in [7, 11) is 0. The molecule has 1 saturated heterocycles. The summed E-state index contributed by atoms with van der Waals surface area (Å²) >= 11 is 5.72. The summed E-state index contributed by atoms with van der Waals surface area (Å²) in [6.07, 6.45) is 3.37. The van der Waals surface area contributed by atoms with Crippen LogP contribution in [0, 0.1) is 0 Å². The van der Waals surface area contributed by atoms with Crippen molar-refractivity contribution < 1.29 is 4.74 Å². The summed E-state index contributed by atoms with van der Waals surface area (Å²) in [4.78, 5) is 4.08. The Bertz CT molecular complexity index is 342. The van der Waals surface area contributed by atoms with Crippen molar-refractivity contribution in [3.05, 3.63) is 23.4 Å². The van der Waals surface area contributed by atoms with Crippen LogP contribution in [0.3, 0.4) is 0 Å². The fourth-order valence-electron chi connectivity index (χ4n) is 1.30. The van der Waals surface area contributed by atoms with Crippen LogP contribution in [0.4, 0.5) is 5.82 Å². The highest BCUT2D eigenvalue weighted by Crippen LogP contribution is 2.10. The summed E-state index contributed by atoms with van der Waals surface area (Å²) in [6, 6.07) is 3.58. The smallest absolute Gasteiger partial charge is 0.146 e. The highest BCUT2D eigenvalue weighted by Gasteiger charge is 2.06. The van der Waals surface area contributed by atoms with E-state index in [1.165, 1.54) is 0 Å². The van der Waals surface area contributed by atoms with Gasteiger partial charge in [-0.25, -0.2) is 4.98 Å². The van der Waals surface area contributed by atoms with Crippen LogP contribution in [-0.4, -0.2) is 23.9 Å². The summed E-state index contributed by atoms with van der Waals surface area (Å²) in [5.74, 6) is 0.707. The van der Waals surface area contributed by atoms with Gasteiger partial charge in [0.15, 0.2) is 0 Å². The third-order valence-corrected chi connectivity index (χ3v) is 2.35. The van der Waals surface area contributed by atoms with Crippen LogP contribution in [0.5, 0.6) is 0 Å². The predicted molar refractivity (Wildman–Crippen MR) is 60.4 cm³/mol. The lowest BCUT2D eigenvalue weighted by molar-refractivity contribution is 0.134. The molecule has 0 spiro atoms. The van der Waals surface area contributed by atoms with E-state index in [1.807, 2.05) is 0 Å². The zero-order valence-corrected chi connectivity index (χ0v) is 9.00. The maximum atomic E-state index is 5.72. The Labute approximate surface area is 93.3 Å². The second kappa shape index (κ2) is 5.09. The van der Waals surface area contributed by atoms with E-state index < -0.39 is 0 Å². The van der Waals surface area contributed by atoms with Crippen LogP contribution >= 0.6 is 11.6 Å². The van der Waals surface area contributed by atoms with Crippen molar-refractivity contribution in [3.8, 4) is 0 Å². The minimum Gasteiger partial charge on any atom is -0.381 e. The standard InChI is InChI=1S/C10H12ClN3O/c11-8-1-2-10(12-7-8)14-13-9-3-5-15-6-4-9/h1-2,7H,3-6H2,(H,12,14). The van der Waals surface area contributed by atoms with Crippen LogP contribution < -0.4 is 5.43 Å². The molecule has 1 aliphatic rings. The van der Waals surface area contributed by atoms with Gasteiger partial charge in [0.05, 0.1) is 18.2 Å². The number of aromatic nitrogens is 1. The average Bonchev–Trinajstić information content (AvgIpc) is 2.30. The van der Waals surface area contributed by atoms with Crippen molar-refractivity contribution in [2.24, 2.45) is 5.10 Å². The largest absolute Gasteiger partial charge is 0.381 e. The number of nitrogens with one attached hydrogen (secondary N) is 1. The first kappa shape index (κ1) is 10.4. The molecule has 0 radical (unpaired) electrons.